The highest BCUT2D eigenvalue weighted by molar-refractivity contribution is 7.19. The Balaban J connectivity index is 1.72. The summed E-state index contributed by atoms with van der Waals surface area (Å²) in [6.45, 7) is 2.76. The first-order valence-corrected chi connectivity index (χ1v) is 8.21. The molecule has 1 aromatic heterocycles. The van der Waals surface area contributed by atoms with Gasteiger partial charge in [-0.25, -0.2) is 9.78 Å². The van der Waals surface area contributed by atoms with Gasteiger partial charge in [-0.3, -0.25) is 5.32 Å². The van der Waals surface area contributed by atoms with E-state index >= 15 is 0 Å². The number of hydrogen-bond acceptors (Lipinski definition) is 4. The average molecular weight is 317 g/mol. The third-order valence-corrected chi connectivity index (χ3v) is 4.92. The van der Waals surface area contributed by atoms with E-state index in [4.69, 9.17) is 0 Å². The van der Waals surface area contributed by atoms with Gasteiger partial charge in [0.15, 0.2) is 5.13 Å². The van der Waals surface area contributed by atoms with Gasteiger partial charge in [-0.1, -0.05) is 35.6 Å². The van der Waals surface area contributed by atoms with Crippen molar-refractivity contribution in [3.8, 4) is 10.4 Å². The number of carbonyl (C=O) groups excluding carboxylic acids is 1. The van der Waals surface area contributed by atoms with Crippen LogP contribution in [0.25, 0.3) is 10.4 Å². The molecule has 1 saturated heterocycles. The highest BCUT2D eigenvalue weighted by Gasteiger charge is 2.28. The first-order chi connectivity index (χ1) is 10.7. The molecule has 2 amide bonds. The largest absolute Gasteiger partial charge is 0.394 e. The predicted molar refractivity (Wildman–Crippen MR) is 88.1 cm³/mol. The van der Waals surface area contributed by atoms with E-state index in [0.717, 1.165) is 23.3 Å². The average Bonchev–Trinajstić information content (AvgIpc) is 3.16. The lowest BCUT2D eigenvalue weighted by molar-refractivity contribution is 0.166. The summed E-state index contributed by atoms with van der Waals surface area (Å²) in [4.78, 5) is 19.3. The van der Waals surface area contributed by atoms with Crippen LogP contribution in [0.3, 0.4) is 0 Å². The Hall–Kier alpha value is -1.92. The van der Waals surface area contributed by atoms with Crippen LogP contribution in [0.15, 0.2) is 30.5 Å². The molecule has 22 heavy (non-hydrogen) atoms. The van der Waals surface area contributed by atoms with Crippen molar-refractivity contribution in [3.63, 3.8) is 0 Å². The molecule has 3 rings (SSSR count). The maximum absolute atomic E-state index is 12.3. The van der Waals surface area contributed by atoms with Crippen molar-refractivity contribution in [2.24, 2.45) is 0 Å². The van der Waals surface area contributed by atoms with E-state index in [9.17, 15) is 9.90 Å². The number of amides is 2. The number of carbonyl (C=O) groups is 1. The summed E-state index contributed by atoms with van der Waals surface area (Å²) in [5.41, 5.74) is 2.32. The highest BCUT2D eigenvalue weighted by atomic mass is 32.1. The van der Waals surface area contributed by atoms with Crippen molar-refractivity contribution < 1.29 is 9.90 Å². The molecule has 1 aliphatic rings. The standard InChI is InChI=1S/C16H19N3O2S/c1-11-5-2-3-7-13(11)14-9-17-15(22-14)18-16(21)19-8-4-6-12(19)10-20/h2-3,5,7,9,12,20H,4,6,8,10H2,1H3,(H,17,18,21). The minimum Gasteiger partial charge on any atom is -0.394 e. The maximum atomic E-state index is 12.3. The van der Waals surface area contributed by atoms with Crippen molar-refractivity contribution in [2.75, 3.05) is 18.5 Å². The zero-order chi connectivity index (χ0) is 15.5. The molecule has 0 bridgehead atoms. The van der Waals surface area contributed by atoms with Gasteiger partial charge in [-0.05, 0) is 30.9 Å². The summed E-state index contributed by atoms with van der Waals surface area (Å²) in [6, 6.07) is 7.86. The lowest BCUT2D eigenvalue weighted by Crippen LogP contribution is -2.40. The Labute approximate surface area is 133 Å². The second-order valence-corrected chi connectivity index (χ2v) is 6.48. The molecule has 1 aliphatic heterocycles. The second-order valence-electron chi connectivity index (χ2n) is 5.45. The molecule has 2 heterocycles. The van der Waals surface area contributed by atoms with Gasteiger partial charge in [-0.15, -0.1) is 0 Å². The second kappa shape index (κ2) is 6.46. The van der Waals surface area contributed by atoms with Crippen LogP contribution in [0.5, 0.6) is 0 Å². The van der Waals surface area contributed by atoms with Crippen molar-refractivity contribution in [1.29, 1.82) is 0 Å². The Kier molecular flexibility index (Phi) is 4.40. The number of aliphatic hydroxyl groups excluding tert-OH is 1. The van der Waals surface area contributed by atoms with Crippen LogP contribution in [-0.4, -0.2) is 40.2 Å². The van der Waals surface area contributed by atoms with Crippen molar-refractivity contribution in [1.82, 2.24) is 9.88 Å². The number of thiazole rings is 1. The van der Waals surface area contributed by atoms with Crippen LogP contribution in [0, 0.1) is 6.92 Å². The minimum atomic E-state index is -0.178. The quantitative estimate of drug-likeness (QED) is 0.914. The zero-order valence-electron chi connectivity index (χ0n) is 12.5. The molecule has 0 saturated carbocycles. The van der Waals surface area contributed by atoms with Gasteiger partial charge in [0.25, 0.3) is 0 Å². The fourth-order valence-electron chi connectivity index (χ4n) is 2.76. The SMILES string of the molecule is Cc1ccccc1-c1cnc(NC(=O)N2CCCC2CO)s1. The van der Waals surface area contributed by atoms with Gasteiger partial charge in [0, 0.05) is 12.7 Å². The molecule has 5 nitrogen and oxygen atoms in total. The van der Waals surface area contributed by atoms with Gasteiger partial charge >= 0.3 is 6.03 Å². The van der Waals surface area contributed by atoms with Crippen molar-refractivity contribution in [2.45, 2.75) is 25.8 Å². The summed E-state index contributed by atoms with van der Waals surface area (Å²) < 4.78 is 0. The normalized spacial score (nSPS) is 17.7. The molecule has 1 unspecified atom stereocenters. The van der Waals surface area contributed by atoms with Crippen LogP contribution < -0.4 is 5.32 Å². The molecule has 1 atom stereocenters. The third kappa shape index (κ3) is 2.98. The van der Waals surface area contributed by atoms with Crippen LogP contribution in [0.1, 0.15) is 18.4 Å². The van der Waals surface area contributed by atoms with Crippen molar-refractivity contribution in [3.05, 3.63) is 36.0 Å². The number of nitrogens with one attached hydrogen (secondary N) is 1. The first kappa shape index (κ1) is 15.0. The van der Waals surface area contributed by atoms with Gasteiger partial charge < -0.3 is 10.0 Å². The molecule has 0 spiro atoms. The van der Waals surface area contributed by atoms with Gasteiger partial charge in [-0.2, -0.15) is 0 Å². The Morgan fingerprint density at radius 1 is 1.50 bits per heavy atom. The van der Waals surface area contributed by atoms with E-state index in [1.165, 1.54) is 16.9 Å². The van der Waals surface area contributed by atoms with Crippen LogP contribution in [0.4, 0.5) is 9.93 Å². The lowest BCUT2D eigenvalue weighted by atomic mass is 10.1. The Morgan fingerprint density at radius 3 is 3.09 bits per heavy atom. The minimum absolute atomic E-state index is 0.0136. The summed E-state index contributed by atoms with van der Waals surface area (Å²) in [5.74, 6) is 0. The number of hydrogen-bond donors (Lipinski definition) is 2. The van der Waals surface area contributed by atoms with E-state index in [-0.39, 0.29) is 18.7 Å². The lowest BCUT2D eigenvalue weighted by Gasteiger charge is -2.22. The Bertz CT molecular complexity index is 671. The van der Waals surface area contributed by atoms with Crippen LogP contribution in [0.2, 0.25) is 0 Å². The topological polar surface area (TPSA) is 65.5 Å². The van der Waals surface area contributed by atoms with E-state index in [1.807, 2.05) is 12.1 Å². The Morgan fingerprint density at radius 2 is 2.32 bits per heavy atom. The van der Waals surface area contributed by atoms with Gasteiger partial charge in [0.1, 0.15) is 0 Å². The summed E-state index contributed by atoms with van der Waals surface area (Å²) >= 11 is 1.46. The zero-order valence-corrected chi connectivity index (χ0v) is 13.3. The molecule has 1 aromatic carbocycles. The number of rotatable bonds is 3. The highest BCUT2D eigenvalue weighted by Crippen LogP contribution is 2.31. The van der Waals surface area contributed by atoms with Gasteiger partial charge in [0.2, 0.25) is 0 Å². The van der Waals surface area contributed by atoms with Gasteiger partial charge in [0.05, 0.1) is 17.5 Å². The number of urea groups is 1. The smallest absolute Gasteiger partial charge is 0.323 e. The number of aromatic nitrogens is 1. The van der Waals surface area contributed by atoms with E-state index < -0.39 is 0 Å². The maximum Gasteiger partial charge on any atom is 0.323 e. The fourth-order valence-corrected chi connectivity index (χ4v) is 3.66. The fraction of sp³-hybridized carbons (Fsp3) is 0.375. The molecule has 116 valence electrons. The molecule has 0 aliphatic carbocycles. The summed E-state index contributed by atoms with van der Waals surface area (Å²) in [6.07, 6.45) is 3.58. The third-order valence-electron chi connectivity index (χ3n) is 3.98. The molecule has 1 fully saturated rings. The predicted octanol–water partition coefficient (Wildman–Crippen LogP) is 3.11. The van der Waals surface area contributed by atoms with Crippen LogP contribution in [-0.2, 0) is 0 Å². The number of likely N-dealkylation sites (tertiary alicyclic amines) is 1. The number of aryl methyl sites for hydroxylation is 1. The monoisotopic (exact) mass is 317 g/mol. The van der Waals surface area contributed by atoms with E-state index in [0.29, 0.717) is 11.7 Å². The summed E-state index contributed by atoms with van der Waals surface area (Å²) in [5, 5.41) is 12.7. The molecular weight excluding hydrogens is 298 g/mol. The molecule has 2 aromatic rings. The van der Waals surface area contributed by atoms with E-state index in [1.54, 1.807) is 11.1 Å². The summed E-state index contributed by atoms with van der Waals surface area (Å²) in [7, 11) is 0. The number of anilines is 1. The number of nitrogens with zero attached hydrogens (tertiary/aromatic N) is 2. The van der Waals surface area contributed by atoms with Crippen molar-refractivity contribution >= 4 is 22.5 Å². The van der Waals surface area contributed by atoms with Crippen LogP contribution >= 0.6 is 11.3 Å². The molecule has 6 heteroatoms. The molecule has 0 radical (unpaired) electrons. The first-order valence-electron chi connectivity index (χ1n) is 7.39. The van der Waals surface area contributed by atoms with E-state index in [2.05, 4.69) is 29.4 Å². The number of aliphatic hydroxyl groups is 1. The molecular formula is C16H19N3O2S. The number of benzene rings is 1. The molecule has 2 N–H and O–H groups in total.